The van der Waals surface area contributed by atoms with E-state index in [4.69, 9.17) is 4.74 Å². The third-order valence-corrected chi connectivity index (χ3v) is 2.57. The molecule has 0 aliphatic heterocycles. The van der Waals surface area contributed by atoms with Crippen LogP contribution in [0.4, 0.5) is 5.69 Å². The molecule has 1 aromatic rings. The normalized spacial score (nSPS) is 14.5. The van der Waals surface area contributed by atoms with Gasteiger partial charge in [0.1, 0.15) is 0 Å². The minimum atomic E-state index is -0.446. The predicted octanol–water partition coefficient (Wildman–Crippen LogP) is 2.58. The summed E-state index contributed by atoms with van der Waals surface area (Å²) >= 11 is 0. The summed E-state index contributed by atoms with van der Waals surface area (Å²) < 4.78 is 5.04. The van der Waals surface area contributed by atoms with Crippen LogP contribution in [0.1, 0.15) is 31.9 Å². The van der Waals surface area contributed by atoms with Gasteiger partial charge < -0.3 is 15.2 Å². The molecular formula is C13H21NO2. The van der Waals surface area contributed by atoms with Gasteiger partial charge in [0.2, 0.25) is 0 Å². The first kappa shape index (κ1) is 13.0. The quantitative estimate of drug-likeness (QED) is 0.779. The van der Waals surface area contributed by atoms with E-state index in [-0.39, 0.29) is 0 Å². The van der Waals surface area contributed by atoms with Crippen LogP contribution in [0.3, 0.4) is 0 Å². The van der Waals surface area contributed by atoms with Crippen molar-refractivity contribution in [2.24, 2.45) is 0 Å². The molecule has 2 unspecified atom stereocenters. The molecule has 0 aliphatic carbocycles. The van der Waals surface area contributed by atoms with Gasteiger partial charge in [-0.05, 0) is 26.3 Å². The molecule has 0 aliphatic rings. The van der Waals surface area contributed by atoms with Crippen molar-refractivity contribution in [2.45, 2.75) is 32.4 Å². The van der Waals surface area contributed by atoms with Crippen LogP contribution in [0.15, 0.2) is 24.3 Å². The van der Waals surface area contributed by atoms with Crippen molar-refractivity contribution in [3.05, 3.63) is 29.8 Å². The van der Waals surface area contributed by atoms with E-state index in [0.29, 0.717) is 6.04 Å². The predicted molar refractivity (Wildman–Crippen MR) is 66.7 cm³/mol. The van der Waals surface area contributed by atoms with Gasteiger partial charge in [-0.25, -0.2) is 0 Å². The Morgan fingerprint density at radius 2 is 2.00 bits per heavy atom. The average Bonchev–Trinajstić information content (AvgIpc) is 2.27. The number of benzene rings is 1. The second-order valence-electron chi connectivity index (χ2n) is 4.09. The van der Waals surface area contributed by atoms with Gasteiger partial charge in [-0.15, -0.1) is 0 Å². The Kier molecular flexibility index (Phi) is 5.29. The lowest BCUT2D eigenvalue weighted by molar-refractivity contribution is 0.191. The number of para-hydroxylation sites is 1. The number of ether oxygens (including phenoxy) is 1. The molecule has 1 rings (SSSR count). The van der Waals surface area contributed by atoms with Crippen molar-refractivity contribution in [1.82, 2.24) is 0 Å². The molecule has 2 N–H and O–H groups in total. The molecule has 0 bridgehead atoms. The molecule has 3 heteroatoms. The fraction of sp³-hybridized carbons (Fsp3) is 0.538. The van der Waals surface area contributed by atoms with E-state index in [1.807, 2.05) is 24.3 Å². The van der Waals surface area contributed by atoms with Crippen molar-refractivity contribution in [3.63, 3.8) is 0 Å². The van der Waals surface area contributed by atoms with Gasteiger partial charge in [-0.2, -0.15) is 0 Å². The molecule has 0 aromatic heterocycles. The van der Waals surface area contributed by atoms with Crippen molar-refractivity contribution in [1.29, 1.82) is 0 Å². The molecule has 2 atom stereocenters. The summed E-state index contributed by atoms with van der Waals surface area (Å²) in [6.45, 7) is 4.63. The van der Waals surface area contributed by atoms with Gasteiger partial charge in [0.15, 0.2) is 0 Å². The Morgan fingerprint density at radius 3 is 2.62 bits per heavy atom. The molecule has 0 heterocycles. The average molecular weight is 223 g/mol. The smallest absolute Gasteiger partial charge is 0.0781 e. The maximum absolute atomic E-state index is 9.63. The lowest BCUT2D eigenvalue weighted by atomic mass is 10.1. The van der Waals surface area contributed by atoms with Crippen molar-refractivity contribution in [2.75, 3.05) is 19.0 Å². The molecular weight excluding hydrogens is 202 g/mol. The summed E-state index contributed by atoms with van der Waals surface area (Å²) in [6, 6.07) is 8.17. The molecule has 3 nitrogen and oxygen atoms in total. The maximum atomic E-state index is 9.63. The standard InChI is InChI=1S/C13H21NO2/c1-10(8-9-16-3)14-13-7-5-4-6-12(13)11(2)15/h4-7,10-11,14-15H,8-9H2,1-3H3. The Balaban J connectivity index is 2.65. The van der Waals surface area contributed by atoms with Crippen LogP contribution in [0.25, 0.3) is 0 Å². The maximum Gasteiger partial charge on any atom is 0.0781 e. The third kappa shape index (κ3) is 3.83. The van der Waals surface area contributed by atoms with Crippen LogP contribution in [-0.2, 0) is 4.74 Å². The number of hydrogen-bond donors (Lipinski definition) is 2. The molecule has 0 fully saturated rings. The van der Waals surface area contributed by atoms with Gasteiger partial charge in [-0.1, -0.05) is 18.2 Å². The van der Waals surface area contributed by atoms with Crippen LogP contribution < -0.4 is 5.32 Å². The first-order valence-electron chi connectivity index (χ1n) is 5.67. The van der Waals surface area contributed by atoms with Crippen LogP contribution in [0, 0.1) is 0 Å². The third-order valence-electron chi connectivity index (χ3n) is 2.57. The monoisotopic (exact) mass is 223 g/mol. The topological polar surface area (TPSA) is 41.5 Å². The lowest BCUT2D eigenvalue weighted by Crippen LogP contribution is -2.18. The number of rotatable bonds is 6. The van der Waals surface area contributed by atoms with E-state index in [1.165, 1.54) is 0 Å². The van der Waals surface area contributed by atoms with Gasteiger partial charge in [0.05, 0.1) is 6.10 Å². The zero-order valence-electron chi connectivity index (χ0n) is 10.2. The largest absolute Gasteiger partial charge is 0.389 e. The fourth-order valence-electron chi connectivity index (χ4n) is 1.63. The summed E-state index contributed by atoms with van der Waals surface area (Å²) in [7, 11) is 1.70. The summed E-state index contributed by atoms with van der Waals surface area (Å²) in [5, 5.41) is 13.0. The highest BCUT2D eigenvalue weighted by molar-refractivity contribution is 5.52. The molecule has 0 saturated carbocycles. The van der Waals surface area contributed by atoms with Gasteiger partial charge in [0.25, 0.3) is 0 Å². The summed E-state index contributed by atoms with van der Waals surface area (Å²) in [6.07, 6.45) is 0.503. The second kappa shape index (κ2) is 6.51. The Morgan fingerprint density at radius 1 is 1.31 bits per heavy atom. The Hall–Kier alpha value is -1.06. The Labute approximate surface area is 97.4 Å². The minimum Gasteiger partial charge on any atom is -0.389 e. The van der Waals surface area contributed by atoms with E-state index < -0.39 is 6.10 Å². The number of aliphatic hydroxyl groups is 1. The zero-order chi connectivity index (χ0) is 12.0. The number of hydrogen-bond acceptors (Lipinski definition) is 3. The van der Waals surface area contributed by atoms with E-state index in [0.717, 1.165) is 24.3 Å². The minimum absolute atomic E-state index is 0.333. The first-order valence-corrected chi connectivity index (χ1v) is 5.67. The SMILES string of the molecule is COCCC(C)Nc1ccccc1C(C)O. The highest BCUT2D eigenvalue weighted by Gasteiger charge is 2.09. The molecule has 0 spiro atoms. The van der Waals surface area contributed by atoms with E-state index in [9.17, 15) is 5.11 Å². The zero-order valence-corrected chi connectivity index (χ0v) is 10.2. The second-order valence-corrected chi connectivity index (χ2v) is 4.09. The Bertz CT molecular complexity index is 313. The highest BCUT2D eigenvalue weighted by Crippen LogP contribution is 2.23. The van der Waals surface area contributed by atoms with Crippen LogP contribution >= 0.6 is 0 Å². The fourth-order valence-corrected chi connectivity index (χ4v) is 1.63. The molecule has 0 saturated heterocycles. The van der Waals surface area contributed by atoms with Crippen molar-refractivity contribution >= 4 is 5.69 Å². The van der Waals surface area contributed by atoms with Crippen LogP contribution in [-0.4, -0.2) is 24.9 Å². The highest BCUT2D eigenvalue weighted by atomic mass is 16.5. The number of nitrogens with one attached hydrogen (secondary N) is 1. The van der Waals surface area contributed by atoms with E-state index in [1.54, 1.807) is 14.0 Å². The lowest BCUT2D eigenvalue weighted by Gasteiger charge is -2.19. The number of methoxy groups -OCH3 is 1. The molecule has 16 heavy (non-hydrogen) atoms. The molecule has 0 amide bonds. The van der Waals surface area contributed by atoms with Crippen LogP contribution in [0.5, 0.6) is 0 Å². The van der Waals surface area contributed by atoms with Gasteiger partial charge in [-0.3, -0.25) is 0 Å². The van der Waals surface area contributed by atoms with Crippen molar-refractivity contribution in [3.8, 4) is 0 Å². The molecule has 1 aromatic carbocycles. The molecule has 0 radical (unpaired) electrons. The van der Waals surface area contributed by atoms with E-state index >= 15 is 0 Å². The summed E-state index contributed by atoms with van der Waals surface area (Å²) in [4.78, 5) is 0. The van der Waals surface area contributed by atoms with E-state index in [2.05, 4.69) is 12.2 Å². The number of aliphatic hydroxyl groups excluding tert-OH is 1. The van der Waals surface area contributed by atoms with Crippen molar-refractivity contribution < 1.29 is 9.84 Å². The summed E-state index contributed by atoms with van der Waals surface area (Å²) in [5.74, 6) is 0. The van der Waals surface area contributed by atoms with Gasteiger partial charge in [0, 0.05) is 31.0 Å². The summed E-state index contributed by atoms with van der Waals surface area (Å²) in [5.41, 5.74) is 1.94. The van der Waals surface area contributed by atoms with Crippen LogP contribution in [0.2, 0.25) is 0 Å². The number of anilines is 1. The van der Waals surface area contributed by atoms with Gasteiger partial charge >= 0.3 is 0 Å². The molecule has 90 valence electrons. The first-order chi connectivity index (χ1) is 7.65.